The first-order chi connectivity index (χ1) is 17.3. The van der Waals surface area contributed by atoms with Gasteiger partial charge in [-0.05, 0) is 40.9 Å². The fourth-order valence-electron chi connectivity index (χ4n) is 6.02. The molecule has 0 aromatic heterocycles. The molecule has 0 N–H and O–H groups in total. The van der Waals surface area contributed by atoms with Crippen LogP contribution in [0.25, 0.3) is 0 Å². The largest absolute Gasteiger partial charge is 0.376 e. The molecule has 3 nitrogen and oxygen atoms in total. The van der Waals surface area contributed by atoms with Crippen molar-refractivity contribution in [3.8, 4) is 6.07 Å². The van der Waals surface area contributed by atoms with Crippen LogP contribution in [0.15, 0.2) is 125 Å². The van der Waals surface area contributed by atoms with E-state index >= 15 is 0 Å². The number of nitriles is 1. The van der Waals surface area contributed by atoms with Crippen molar-refractivity contribution >= 4 is 24.9 Å². The third-order valence-corrected chi connectivity index (χ3v) is 10.9. The average Bonchev–Trinajstić information content (AvgIpc) is 2.92. The molecule has 0 radical (unpaired) electrons. The Morgan fingerprint density at radius 3 is 2.66 bits per heavy atom. The van der Waals surface area contributed by atoms with Crippen LogP contribution in [0.3, 0.4) is 0 Å². The number of allylic oxidation sites excluding steroid dienone is 7. The fraction of sp³-hybridized carbons (Fsp3) is 0.194. The van der Waals surface area contributed by atoms with Gasteiger partial charge in [-0.15, -0.1) is 0 Å². The van der Waals surface area contributed by atoms with Gasteiger partial charge in [0.15, 0.2) is 0 Å². The van der Waals surface area contributed by atoms with Crippen molar-refractivity contribution in [3.05, 3.63) is 125 Å². The number of para-hydroxylation sites is 1. The van der Waals surface area contributed by atoms with Crippen LogP contribution >= 0.6 is 0 Å². The molecule has 172 valence electrons. The van der Waals surface area contributed by atoms with Gasteiger partial charge in [0, 0.05) is 37.1 Å². The lowest BCUT2D eigenvalue weighted by Gasteiger charge is -2.46. The minimum Gasteiger partial charge on any atom is -0.376 e. The summed E-state index contributed by atoms with van der Waals surface area (Å²) in [6.45, 7) is 0.778. The number of anilines is 1. The van der Waals surface area contributed by atoms with Crippen LogP contribution < -0.4 is 15.3 Å². The van der Waals surface area contributed by atoms with Crippen molar-refractivity contribution in [1.29, 1.82) is 5.26 Å². The third-order valence-electron chi connectivity index (χ3n) is 7.56. The number of likely N-dealkylation sites (N-methyl/N-ethyl adjacent to an activating group) is 1. The predicted molar refractivity (Wildman–Crippen MR) is 147 cm³/mol. The van der Waals surface area contributed by atoms with Gasteiger partial charge in [-0.3, -0.25) is 0 Å². The number of benzene rings is 2. The fourth-order valence-corrected chi connectivity index (χ4v) is 9.46. The topological polar surface area (TPSA) is 30.3 Å². The molecular formula is C31H29N3Si. The molecule has 2 aliphatic heterocycles. The molecule has 2 aromatic rings. The molecule has 2 aliphatic carbocycles. The van der Waals surface area contributed by atoms with Crippen molar-refractivity contribution in [2.75, 3.05) is 18.5 Å². The molecule has 0 saturated carbocycles. The van der Waals surface area contributed by atoms with Crippen molar-refractivity contribution in [1.82, 2.24) is 4.90 Å². The van der Waals surface area contributed by atoms with E-state index in [4.69, 9.17) is 0 Å². The van der Waals surface area contributed by atoms with Gasteiger partial charge in [-0.25, -0.2) is 0 Å². The molecule has 3 atom stereocenters. The second kappa shape index (κ2) is 9.09. The van der Waals surface area contributed by atoms with E-state index in [0.29, 0.717) is 0 Å². The molecule has 6 rings (SSSR count). The Morgan fingerprint density at radius 1 is 1.00 bits per heavy atom. The third kappa shape index (κ3) is 3.73. The molecule has 0 bridgehead atoms. The summed E-state index contributed by atoms with van der Waals surface area (Å²) in [5.41, 5.74) is 4.72. The van der Waals surface area contributed by atoms with E-state index in [9.17, 15) is 5.26 Å². The van der Waals surface area contributed by atoms with E-state index in [0.717, 1.165) is 30.5 Å². The molecule has 2 heterocycles. The monoisotopic (exact) mass is 471 g/mol. The predicted octanol–water partition coefficient (Wildman–Crippen LogP) is 4.38. The minimum absolute atomic E-state index is 0.108. The van der Waals surface area contributed by atoms with Gasteiger partial charge in [-0.2, -0.15) is 5.26 Å². The Balaban J connectivity index is 1.53. The Kier molecular flexibility index (Phi) is 5.64. The smallest absolute Gasteiger partial charge is 0.137 e. The average molecular weight is 472 g/mol. The molecule has 0 amide bonds. The van der Waals surface area contributed by atoms with Crippen LogP contribution in [0.2, 0.25) is 0 Å². The van der Waals surface area contributed by atoms with Crippen molar-refractivity contribution < 1.29 is 0 Å². The van der Waals surface area contributed by atoms with Gasteiger partial charge in [-0.1, -0.05) is 90.2 Å². The first-order valence-corrected chi connectivity index (χ1v) is 14.2. The van der Waals surface area contributed by atoms with Gasteiger partial charge in [0.2, 0.25) is 0 Å². The van der Waals surface area contributed by atoms with Crippen LogP contribution in [-0.4, -0.2) is 33.3 Å². The maximum atomic E-state index is 9.93. The van der Waals surface area contributed by atoms with E-state index in [1.807, 2.05) is 0 Å². The number of hydrogen-bond acceptors (Lipinski definition) is 3. The number of rotatable bonds is 3. The second-order valence-electron chi connectivity index (χ2n) is 9.66. The normalized spacial score (nSPS) is 25.0. The zero-order chi connectivity index (χ0) is 23.8. The van der Waals surface area contributed by atoms with E-state index in [-0.39, 0.29) is 12.0 Å². The highest BCUT2D eigenvalue weighted by Crippen LogP contribution is 2.40. The van der Waals surface area contributed by atoms with Gasteiger partial charge >= 0.3 is 0 Å². The summed E-state index contributed by atoms with van der Waals surface area (Å²) in [7, 11) is 0.510. The van der Waals surface area contributed by atoms with E-state index in [1.54, 1.807) is 0 Å². The lowest BCUT2D eigenvalue weighted by atomic mass is 9.82. The molecule has 4 heteroatoms. The molecule has 4 aliphatic rings. The minimum atomic E-state index is -1.57. The zero-order valence-corrected chi connectivity index (χ0v) is 21.2. The van der Waals surface area contributed by atoms with Gasteiger partial charge in [0.05, 0.1) is 17.7 Å². The van der Waals surface area contributed by atoms with Crippen LogP contribution in [-0.2, 0) is 0 Å². The molecule has 2 aromatic carbocycles. The number of nitrogens with zero attached hydrogens (tertiary/aromatic N) is 3. The standard InChI is InChI=1S/C31H29N3Si/c1-33-20-19-23(21-32)26(22-33)25-13-5-6-14-27(25)34-28-15-7-9-17-30(28)35(24-11-3-2-4-12-24)31-18-10-8-16-29(31)34/h2-7,9-15,17-19,22,25,27,35H,8,16,20H2,1H3. The summed E-state index contributed by atoms with van der Waals surface area (Å²) >= 11 is 0. The Hall–Kier alpha value is -3.81. The number of hydrogen-bond donors (Lipinski definition) is 0. The first kappa shape index (κ1) is 21.7. The van der Waals surface area contributed by atoms with Gasteiger partial charge in [0.25, 0.3) is 0 Å². The zero-order valence-electron chi connectivity index (χ0n) is 20.0. The highest BCUT2D eigenvalue weighted by Gasteiger charge is 2.40. The first-order valence-electron chi connectivity index (χ1n) is 12.5. The molecule has 0 spiro atoms. The van der Waals surface area contributed by atoms with Gasteiger partial charge < -0.3 is 9.80 Å². The van der Waals surface area contributed by atoms with Gasteiger partial charge in [0.1, 0.15) is 8.80 Å². The summed E-state index contributed by atoms with van der Waals surface area (Å²) < 4.78 is 0. The van der Waals surface area contributed by atoms with Crippen molar-refractivity contribution in [2.24, 2.45) is 5.92 Å². The lowest BCUT2D eigenvalue weighted by Crippen LogP contribution is -2.54. The van der Waals surface area contributed by atoms with Crippen LogP contribution in [0.1, 0.15) is 12.8 Å². The summed E-state index contributed by atoms with van der Waals surface area (Å²) in [4.78, 5) is 4.78. The Labute approximate surface area is 209 Å². The summed E-state index contributed by atoms with van der Waals surface area (Å²) in [5.74, 6) is 0.108. The molecule has 0 fully saturated rings. The lowest BCUT2D eigenvalue weighted by molar-refractivity contribution is 0.483. The van der Waals surface area contributed by atoms with Crippen LogP contribution in [0, 0.1) is 17.2 Å². The highest BCUT2D eigenvalue weighted by atomic mass is 28.3. The second-order valence-corrected chi connectivity index (χ2v) is 12.4. The Morgan fingerprint density at radius 2 is 1.80 bits per heavy atom. The number of fused-ring (bicyclic) bond motifs is 1. The Bertz CT molecular complexity index is 1370. The van der Waals surface area contributed by atoms with Crippen molar-refractivity contribution in [2.45, 2.75) is 18.9 Å². The molecular weight excluding hydrogens is 442 g/mol. The summed E-state index contributed by atoms with van der Waals surface area (Å²) in [6.07, 6.45) is 20.1. The molecule has 0 saturated heterocycles. The van der Waals surface area contributed by atoms with Crippen molar-refractivity contribution in [3.63, 3.8) is 0 Å². The van der Waals surface area contributed by atoms with E-state index < -0.39 is 8.80 Å². The molecule has 35 heavy (non-hydrogen) atoms. The summed E-state index contributed by atoms with van der Waals surface area (Å²) in [5, 5.41) is 14.4. The van der Waals surface area contributed by atoms with Crippen LogP contribution in [0.4, 0.5) is 5.69 Å². The maximum Gasteiger partial charge on any atom is 0.137 e. The summed E-state index contributed by atoms with van der Waals surface area (Å²) in [6, 6.07) is 22.7. The van der Waals surface area contributed by atoms with Crippen LogP contribution in [0.5, 0.6) is 0 Å². The highest BCUT2D eigenvalue weighted by molar-refractivity contribution is 6.92. The van der Waals surface area contributed by atoms with E-state index in [1.165, 1.54) is 27.0 Å². The van der Waals surface area contributed by atoms with E-state index in [2.05, 4.69) is 126 Å². The molecule has 3 unspecified atom stereocenters. The SMILES string of the molecule is CN1C=C(C2C=CC=CC2N2C3=C(C=CCC3)[SiH](c3ccccc3)c3ccccc32)C(C#N)=CC1. The quantitative estimate of drug-likeness (QED) is 0.623. The maximum absolute atomic E-state index is 9.93.